The summed E-state index contributed by atoms with van der Waals surface area (Å²) in [4.78, 5) is 28.6. The molecule has 1 N–H and O–H groups in total. The standard InChI is InChI=1S/C25H29N5O2/c1-16-7-5-9-21(23(16)32-4)24(31)30-12-6-8-19(15-30)22-11-10-20(14-26-22)29-25-27-17(2)13-18(3)28-25/h5,7,9-11,13-14,19H,6,8,12,15H2,1-4H3,(H,27,28,29)/t19-/m0/s1. The molecule has 1 aliphatic rings. The van der Waals surface area contributed by atoms with Gasteiger partial charge in [-0.25, -0.2) is 9.97 Å². The summed E-state index contributed by atoms with van der Waals surface area (Å²) in [7, 11) is 1.61. The van der Waals surface area contributed by atoms with Gasteiger partial charge in [0.1, 0.15) is 5.75 Å². The van der Waals surface area contributed by atoms with Crippen LogP contribution in [-0.4, -0.2) is 46.0 Å². The minimum absolute atomic E-state index is 0.0144. The fraction of sp³-hybridized carbons (Fsp3) is 0.360. The Balaban J connectivity index is 1.46. The first-order valence-electron chi connectivity index (χ1n) is 10.9. The predicted octanol–water partition coefficient (Wildman–Crippen LogP) is 4.57. The van der Waals surface area contributed by atoms with Gasteiger partial charge in [0.2, 0.25) is 5.95 Å². The molecular weight excluding hydrogens is 402 g/mol. The molecule has 166 valence electrons. The molecule has 1 aliphatic heterocycles. The second kappa shape index (κ2) is 9.34. The van der Waals surface area contributed by atoms with Crippen LogP contribution in [0.3, 0.4) is 0 Å². The lowest BCUT2D eigenvalue weighted by Crippen LogP contribution is -2.39. The zero-order valence-electron chi connectivity index (χ0n) is 19.1. The normalized spacial score (nSPS) is 16.0. The largest absolute Gasteiger partial charge is 0.496 e. The third kappa shape index (κ3) is 4.72. The number of pyridine rings is 1. The molecule has 0 saturated carbocycles. The second-order valence-electron chi connectivity index (χ2n) is 8.32. The Morgan fingerprint density at radius 2 is 1.91 bits per heavy atom. The number of para-hydroxylation sites is 1. The molecule has 0 spiro atoms. The maximum absolute atomic E-state index is 13.2. The van der Waals surface area contributed by atoms with E-state index in [0.717, 1.165) is 47.7 Å². The van der Waals surface area contributed by atoms with Crippen LogP contribution in [0.4, 0.5) is 11.6 Å². The van der Waals surface area contributed by atoms with Gasteiger partial charge in [-0.3, -0.25) is 9.78 Å². The van der Waals surface area contributed by atoms with Crippen molar-refractivity contribution in [2.75, 3.05) is 25.5 Å². The number of hydrogen-bond acceptors (Lipinski definition) is 6. The maximum atomic E-state index is 13.2. The number of rotatable bonds is 5. The van der Waals surface area contributed by atoms with Crippen molar-refractivity contribution in [3.63, 3.8) is 0 Å². The molecule has 3 heterocycles. The van der Waals surface area contributed by atoms with E-state index in [1.165, 1.54) is 0 Å². The van der Waals surface area contributed by atoms with E-state index in [9.17, 15) is 4.79 Å². The second-order valence-corrected chi connectivity index (χ2v) is 8.32. The van der Waals surface area contributed by atoms with E-state index in [1.54, 1.807) is 13.3 Å². The van der Waals surface area contributed by atoms with Crippen LogP contribution in [0.1, 0.15) is 51.8 Å². The van der Waals surface area contributed by atoms with Gasteiger partial charge in [-0.1, -0.05) is 12.1 Å². The Morgan fingerprint density at radius 3 is 2.59 bits per heavy atom. The van der Waals surface area contributed by atoms with E-state index < -0.39 is 0 Å². The number of hydrogen-bond donors (Lipinski definition) is 1. The van der Waals surface area contributed by atoms with Crippen molar-refractivity contribution >= 4 is 17.5 Å². The SMILES string of the molecule is COc1c(C)cccc1C(=O)N1CCC[C@H](c2ccc(Nc3nc(C)cc(C)n3)cn2)C1. The van der Waals surface area contributed by atoms with Crippen molar-refractivity contribution in [2.24, 2.45) is 0 Å². The minimum Gasteiger partial charge on any atom is -0.496 e. The summed E-state index contributed by atoms with van der Waals surface area (Å²) in [6, 6.07) is 11.7. The first-order valence-corrected chi connectivity index (χ1v) is 10.9. The molecule has 1 saturated heterocycles. The number of carbonyl (C=O) groups excluding carboxylic acids is 1. The Bertz CT molecular complexity index is 1090. The summed E-state index contributed by atoms with van der Waals surface area (Å²) in [5, 5.41) is 3.22. The molecule has 7 heteroatoms. The number of nitrogens with one attached hydrogen (secondary N) is 1. The Morgan fingerprint density at radius 1 is 1.12 bits per heavy atom. The number of aryl methyl sites for hydroxylation is 3. The molecule has 1 atom stereocenters. The maximum Gasteiger partial charge on any atom is 0.257 e. The number of carbonyl (C=O) groups is 1. The van der Waals surface area contributed by atoms with E-state index in [1.807, 2.05) is 62.1 Å². The first kappa shape index (κ1) is 21.7. The summed E-state index contributed by atoms with van der Waals surface area (Å²) in [6.07, 6.45) is 3.76. The van der Waals surface area contributed by atoms with Gasteiger partial charge in [-0.15, -0.1) is 0 Å². The third-order valence-corrected chi connectivity index (χ3v) is 5.80. The van der Waals surface area contributed by atoms with E-state index in [0.29, 0.717) is 23.8 Å². The molecule has 2 aromatic heterocycles. The number of benzene rings is 1. The van der Waals surface area contributed by atoms with E-state index in [4.69, 9.17) is 4.74 Å². The minimum atomic E-state index is 0.0144. The van der Waals surface area contributed by atoms with Crippen LogP contribution in [0.15, 0.2) is 42.6 Å². The van der Waals surface area contributed by atoms with Crippen LogP contribution in [-0.2, 0) is 0 Å². The fourth-order valence-corrected chi connectivity index (χ4v) is 4.30. The van der Waals surface area contributed by atoms with Gasteiger partial charge in [0.25, 0.3) is 5.91 Å². The smallest absolute Gasteiger partial charge is 0.257 e. The zero-order valence-corrected chi connectivity index (χ0v) is 19.1. The monoisotopic (exact) mass is 431 g/mol. The van der Waals surface area contributed by atoms with Crippen molar-refractivity contribution in [1.29, 1.82) is 0 Å². The van der Waals surface area contributed by atoms with Gasteiger partial charge in [0.05, 0.1) is 24.6 Å². The van der Waals surface area contributed by atoms with Crippen LogP contribution in [0, 0.1) is 20.8 Å². The summed E-state index contributed by atoms with van der Waals surface area (Å²) < 4.78 is 5.50. The first-order chi connectivity index (χ1) is 15.4. The molecule has 0 unspecified atom stereocenters. The number of aromatic nitrogens is 3. The van der Waals surface area contributed by atoms with Gasteiger partial charge >= 0.3 is 0 Å². The fourth-order valence-electron chi connectivity index (χ4n) is 4.30. The molecule has 0 radical (unpaired) electrons. The van der Waals surface area contributed by atoms with Gasteiger partial charge in [-0.2, -0.15) is 0 Å². The summed E-state index contributed by atoms with van der Waals surface area (Å²) in [5.74, 6) is 1.44. The van der Waals surface area contributed by atoms with Gasteiger partial charge in [-0.05, 0) is 63.4 Å². The number of amides is 1. The number of ether oxygens (including phenoxy) is 1. The van der Waals surface area contributed by atoms with Crippen molar-refractivity contribution in [2.45, 2.75) is 39.5 Å². The van der Waals surface area contributed by atoms with Crippen molar-refractivity contribution < 1.29 is 9.53 Å². The topological polar surface area (TPSA) is 80.2 Å². The lowest BCUT2D eigenvalue weighted by molar-refractivity contribution is 0.0702. The molecule has 32 heavy (non-hydrogen) atoms. The molecule has 1 aromatic carbocycles. The Kier molecular flexibility index (Phi) is 6.35. The number of methoxy groups -OCH3 is 1. The lowest BCUT2D eigenvalue weighted by atomic mass is 9.93. The molecule has 7 nitrogen and oxygen atoms in total. The lowest BCUT2D eigenvalue weighted by Gasteiger charge is -2.33. The van der Waals surface area contributed by atoms with Crippen LogP contribution in [0.2, 0.25) is 0 Å². The van der Waals surface area contributed by atoms with Gasteiger partial charge < -0.3 is 15.0 Å². The summed E-state index contributed by atoms with van der Waals surface area (Å²) in [6.45, 7) is 7.25. The van der Waals surface area contributed by atoms with Crippen LogP contribution in [0.25, 0.3) is 0 Å². The number of likely N-dealkylation sites (tertiary alicyclic amines) is 1. The Hall–Kier alpha value is -3.48. The quantitative estimate of drug-likeness (QED) is 0.637. The third-order valence-electron chi connectivity index (χ3n) is 5.80. The number of nitrogens with zero attached hydrogens (tertiary/aromatic N) is 4. The van der Waals surface area contributed by atoms with Crippen molar-refractivity contribution in [1.82, 2.24) is 19.9 Å². The molecule has 4 rings (SSSR count). The predicted molar refractivity (Wildman–Crippen MR) is 125 cm³/mol. The zero-order chi connectivity index (χ0) is 22.7. The Labute approximate surface area is 188 Å². The highest BCUT2D eigenvalue weighted by Crippen LogP contribution is 2.30. The number of anilines is 2. The van der Waals surface area contributed by atoms with Gasteiger partial charge in [0.15, 0.2) is 0 Å². The average Bonchev–Trinajstić information content (AvgIpc) is 2.78. The average molecular weight is 432 g/mol. The highest BCUT2D eigenvalue weighted by Gasteiger charge is 2.28. The highest BCUT2D eigenvalue weighted by molar-refractivity contribution is 5.97. The number of piperidine rings is 1. The molecule has 0 bridgehead atoms. The van der Waals surface area contributed by atoms with Crippen molar-refractivity contribution in [3.05, 3.63) is 70.8 Å². The summed E-state index contributed by atoms with van der Waals surface area (Å²) >= 11 is 0. The molecule has 3 aromatic rings. The van der Waals surface area contributed by atoms with E-state index in [2.05, 4.69) is 20.3 Å². The van der Waals surface area contributed by atoms with Crippen molar-refractivity contribution in [3.8, 4) is 5.75 Å². The molecule has 1 amide bonds. The molecule has 0 aliphatic carbocycles. The highest BCUT2D eigenvalue weighted by atomic mass is 16.5. The van der Waals surface area contributed by atoms with E-state index in [-0.39, 0.29) is 11.8 Å². The van der Waals surface area contributed by atoms with Crippen LogP contribution in [0.5, 0.6) is 5.75 Å². The molecule has 1 fully saturated rings. The van der Waals surface area contributed by atoms with Crippen LogP contribution < -0.4 is 10.1 Å². The van der Waals surface area contributed by atoms with Gasteiger partial charge in [0, 0.05) is 36.1 Å². The molecular formula is C25H29N5O2. The van der Waals surface area contributed by atoms with E-state index >= 15 is 0 Å². The summed E-state index contributed by atoms with van der Waals surface area (Å²) in [5.41, 5.74) is 5.25. The van der Waals surface area contributed by atoms with Crippen LogP contribution >= 0.6 is 0 Å².